The van der Waals surface area contributed by atoms with E-state index >= 15 is 0 Å². The fraction of sp³-hybridized carbons (Fsp3) is 0.0870. The summed E-state index contributed by atoms with van der Waals surface area (Å²) in [7, 11) is -2.78. The Kier molecular flexibility index (Phi) is 5.32. The summed E-state index contributed by atoms with van der Waals surface area (Å²) in [4.78, 5) is 12.4. The van der Waals surface area contributed by atoms with Gasteiger partial charge in [-0.25, -0.2) is 17.2 Å². The summed E-state index contributed by atoms with van der Waals surface area (Å²) in [5.74, 6) is -0.700. The predicted octanol–water partition coefficient (Wildman–Crippen LogP) is 4.17. The Morgan fingerprint density at radius 2 is 1.68 bits per heavy atom. The van der Waals surface area contributed by atoms with E-state index in [2.05, 4.69) is 0 Å². The Morgan fingerprint density at radius 1 is 0.968 bits per heavy atom. The SMILES string of the molecule is COc1ccc(S(=O)(=O)c2cn(Cc3ccccc3F)c3ccc(F)cc3c2=O)cc1. The fourth-order valence-electron chi connectivity index (χ4n) is 3.36. The summed E-state index contributed by atoms with van der Waals surface area (Å²) >= 11 is 0. The highest BCUT2D eigenvalue weighted by molar-refractivity contribution is 7.91. The number of rotatable bonds is 5. The van der Waals surface area contributed by atoms with Crippen LogP contribution in [-0.2, 0) is 16.4 Å². The van der Waals surface area contributed by atoms with Crippen LogP contribution < -0.4 is 10.2 Å². The van der Waals surface area contributed by atoms with E-state index < -0.39 is 31.8 Å². The van der Waals surface area contributed by atoms with Crippen molar-refractivity contribution in [1.82, 2.24) is 4.57 Å². The van der Waals surface area contributed by atoms with Crippen LogP contribution in [0.15, 0.2) is 87.5 Å². The van der Waals surface area contributed by atoms with E-state index in [4.69, 9.17) is 4.74 Å². The molecule has 0 N–H and O–H groups in total. The van der Waals surface area contributed by atoms with Gasteiger partial charge in [0.1, 0.15) is 22.3 Å². The molecular weight excluding hydrogens is 424 g/mol. The van der Waals surface area contributed by atoms with Gasteiger partial charge in [-0.1, -0.05) is 18.2 Å². The lowest BCUT2D eigenvalue weighted by Gasteiger charge is -2.15. The molecule has 0 fully saturated rings. The molecule has 3 aromatic carbocycles. The smallest absolute Gasteiger partial charge is 0.211 e. The Labute approximate surface area is 177 Å². The molecule has 0 aliphatic rings. The molecule has 0 radical (unpaired) electrons. The van der Waals surface area contributed by atoms with Gasteiger partial charge < -0.3 is 9.30 Å². The Morgan fingerprint density at radius 3 is 2.35 bits per heavy atom. The number of sulfone groups is 1. The zero-order valence-corrected chi connectivity index (χ0v) is 17.2. The maximum absolute atomic E-state index is 14.2. The highest BCUT2D eigenvalue weighted by Crippen LogP contribution is 2.24. The molecule has 0 aliphatic carbocycles. The standard InChI is InChI=1S/C23H17F2NO4S/c1-30-17-7-9-18(10-8-17)31(28,29)22-14-26(13-15-4-2-3-5-20(15)25)21-11-6-16(24)12-19(21)23(22)27/h2-12,14H,13H2,1H3. The Bertz CT molecular complexity index is 1450. The van der Waals surface area contributed by atoms with Gasteiger partial charge in [-0.05, 0) is 48.5 Å². The van der Waals surface area contributed by atoms with Crippen LogP contribution in [0.1, 0.15) is 5.56 Å². The number of aromatic nitrogens is 1. The van der Waals surface area contributed by atoms with E-state index in [0.29, 0.717) is 16.8 Å². The molecule has 0 saturated carbocycles. The summed E-state index contributed by atoms with van der Waals surface area (Å²) in [6.45, 7) is -0.0415. The first-order valence-electron chi connectivity index (χ1n) is 9.26. The van der Waals surface area contributed by atoms with Crippen molar-refractivity contribution in [3.63, 3.8) is 0 Å². The molecule has 158 valence electrons. The molecule has 1 heterocycles. The van der Waals surface area contributed by atoms with Crippen LogP contribution in [0.5, 0.6) is 5.75 Å². The molecule has 5 nitrogen and oxygen atoms in total. The number of halogens is 2. The molecule has 0 atom stereocenters. The van der Waals surface area contributed by atoms with Crippen molar-refractivity contribution in [1.29, 1.82) is 0 Å². The van der Waals surface area contributed by atoms with E-state index in [0.717, 1.165) is 12.1 Å². The first-order valence-corrected chi connectivity index (χ1v) is 10.7. The second-order valence-electron chi connectivity index (χ2n) is 6.88. The van der Waals surface area contributed by atoms with E-state index in [1.807, 2.05) is 0 Å². The quantitative estimate of drug-likeness (QED) is 0.466. The number of pyridine rings is 1. The molecule has 4 aromatic rings. The summed E-state index contributed by atoms with van der Waals surface area (Å²) in [6.07, 6.45) is 1.18. The van der Waals surface area contributed by atoms with Gasteiger partial charge in [-0.15, -0.1) is 0 Å². The van der Waals surface area contributed by atoms with Gasteiger partial charge in [0.15, 0.2) is 0 Å². The third kappa shape index (κ3) is 3.82. The second kappa shape index (κ2) is 7.96. The number of hydrogen-bond donors (Lipinski definition) is 0. The van der Waals surface area contributed by atoms with Crippen LogP contribution in [0, 0.1) is 11.6 Å². The van der Waals surface area contributed by atoms with Crippen LogP contribution in [0.4, 0.5) is 8.78 Å². The van der Waals surface area contributed by atoms with Crippen molar-refractivity contribution in [2.24, 2.45) is 0 Å². The van der Waals surface area contributed by atoms with Crippen molar-refractivity contribution in [2.45, 2.75) is 16.3 Å². The second-order valence-corrected chi connectivity index (χ2v) is 8.80. The molecule has 0 bridgehead atoms. The minimum absolute atomic E-state index is 0.0415. The van der Waals surface area contributed by atoms with Gasteiger partial charge in [-0.2, -0.15) is 0 Å². The Balaban J connectivity index is 1.96. The Hall–Kier alpha value is -3.52. The third-order valence-electron chi connectivity index (χ3n) is 4.97. The van der Waals surface area contributed by atoms with Gasteiger partial charge >= 0.3 is 0 Å². The average molecular weight is 441 g/mol. The van der Waals surface area contributed by atoms with Crippen LogP contribution in [0.3, 0.4) is 0 Å². The maximum atomic E-state index is 14.2. The van der Waals surface area contributed by atoms with Gasteiger partial charge in [0.05, 0.1) is 24.1 Å². The molecule has 1 aromatic heterocycles. The number of fused-ring (bicyclic) bond motifs is 1. The zero-order chi connectivity index (χ0) is 22.2. The first-order chi connectivity index (χ1) is 14.8. The lowest BCUT2D eigenvalue weighted by Crippen LogP contribution is -2.20. The fourth-order valence-corrected chi connectivity index (χ4v) is 4.73. The molecule has 4 rings (SSSR count). The molecule has 0 amide bonds. The van der Waals surface area contributed by atoms with Crippen molar-refractivity contribution in [3.8, 4) is 5.75 Å². The highest BCUT2D eigenvalue weighted by atomic mass is 32.2. The third-order valence-corrected chi connectivity index (χ3v) is 6.73. The number of hydrogen-bond acceptors (Lipinski definition) is 4. The molecule has 0 spiro atoms. The summed E-state index contributed by atoms with van der Waals surface area (Å²) < 4.78 is 61.1. The monoisotopic (exact) mass is 441 g/mol. The molecule has 0 unspecified atom stereocenters. The number of benzene rings is 3. The van der Waals surface area contributed by atoms with Crippen molar-refractivity contribution >= 4 is 20.7 Å². The van der Waals surface area contributed by atoms with E-state index in [1.165, 1.54) is 60.3 Å². The largest absolute Gasteiger partial charge is 0.497 e. The van der Waals surface area contributed by atoms with Crippen molar-refractivity contribution in [3.05, 3.63) is 100 Å². The first kappa shape index (κ1) is 20.7. The normalized spacial score (nSPS) is 11.6. The summed E-state index contributed by atoms with van der Waals surface area (Å²) in [5.41, 5.74) is -0.233. The van der Waals surface area contributed by atoms with E-state index in [1.54, 1.807) is 12.1 Å². The number of ether oxygens (including phenoxy) is 1. The molecule has 0 saturated heterocycles. The predicted molar refractivity (Wildman–Crippen MR) is 112 cm³/mol. The topological polar surface area (TPSA) is 65.4 Å². The lowest BCUT2D eigenvalue weighted by molar-refractivity contribution is 0.414. The molecule has 31 heavy (non-hydrogen) atoms. The molecular formula is C23H17F2NO4S. The molecule has 0 aliphatic heterocycles. The van der Waals surface area contributed by atoms with Crippen LogP contribution in [0.2, 0.25) is 0 Å². The minimum Gasteiger partial charge on any atom is -0.497 e. The van der Waals surface area contributed by atoms with Crippen molar-refractivity contribution < 1.29 is 21.9 Å². The van der Waals surface area contributed by atoms with Crippen LogP contribution >= 0.6 is 0 Å². The average Bonchev–Trinajstić information content (AvgIpc) is 2.77. The van der Waals surface area contributed by atoms with E-state index in [9.17, 15) is 22.0 Å². The summed E-state index contributed by atoms with van der Waals surface area (Å²) in [5, 5.41) is -0.106. The zero-order valence-electron chi connectivity index (χ0n) is 16.4. The van der Waals surface area contributed by atoms with Gasteiger partial charge in [0.2, 0.25) is 15.3 Å². The van der Waals surface area contributed by atoms with Crippen molar-refractivity contribution in [2.75, 3.05) is 7.11 Å². The van der Waals surface area contributed by atoms with Gasteiger partial charge in [0, 0.05) is 17.1 Å². The maximum Gasteiger partial charge on any atom is 0.211 e. The molecule has 8 heteroatoms. The van der Waals surface area contributed by atoms with E-state index in [-0.39, 0.29) is 16.8 Å². The summed E-state index contributed by atoms with van der Waals surface area (Å²) in [6, 6.07) is 15.1. The van der Waals surface area contributed by atoms with Gasteiger partial charge in [-0.3, -0.25) is 4.79 Å². The number of nitrogens with zero attached hydrogens (tertiary/aromatic N) is 1. The minimum atomic E-state index is -4.23. The van der Waals surface area contributed by atoms with Crippen LogP contribution in [0.25, 0.3) is 10.9 Å². The highest BCUT2D eigenvalue weighted by Gasteiger charge is 2.24. The van der Waals surface area contributed by atoms with Gasteiger partial charge in [0.25, 0.3) is 0 Å². The number of methoxy groups -OCH3 is 1. The lowest BCUT2D eigenvalue weighted by atomic mass is 10.1. The van der Waals surface area contributed by atoms with Crippen LogP contribution in [-0.4, -0.2) is 20.1 Å².